The van der Waals surface area contributed by atoms with Gasteiger partial charge in [0.25, 0.3) is 0 Å². The molecule has 0 aliphatic carbocycles. The maximum atomic E-state index is 5.80. The molecule has 19 heavy (non-hydrogen) atoms. The van der Waals surface area contributed by atoms with Crippen molar-refractivity contribution in [2.24, 2.45) is 5.92 Å². The van der Waals surface area contributed by atoms with Crippen molar-refractivity contribution in [3.63, 3.8) is 0 Å². The lowest BCUT2D eigenvalue weighted by atomic mass is 9.98. The van der Waals surface area contributed by atoms with Gasteiger partial charge in [-0.25, -0.2) is 0 Å². The standard InChI is InChI=1S/C15H22N2O.ClH/c1-2-6-15-13(5-1)8-14(11-18-15)17-10-12-4-3-7-16-9-12;/h1-2,5-6,12,14,16-17H,3-4,7-11H2;1H. The monoisotopic (exact) mass is 282 g/mol. The van der Waals surface area contributed by atoms with Crippen LogP contribution < -0.4 is 15.4 Å². The molecular weight excluding hydrogens is 260 g/mol. The largest absolute Gasteiger partial charge is 0.492 e. The van der Waals surface area contributed by atoms with E-state index in [0.29, 0.717) is 6.04 Å². The van der Waals surface area contributed by atoms with E-state index in [4.69, 9.17) is 4.74 Å². The van der Waals surface area contributed by atoms with Crippen LogP contribution in [0.5, 0.6) is 5.75 Å². The first-order valence-electron chi connectivity index (χ1n) is 7.06. The SMILES string of the molecule is Cl.c1ccc2c(c1)CC(NCC1CCCNC1)CO2. The zero-order chi connectivity index (χ0) is 12.2. The lowest BCUT2D eigenvalue weighted by Crippen LogP contribution is -2.44. The quantitative estimate of drug-likeness (QED) is 0.890. The summed E-state index contributed by atoms with van der Waals surface area (Å²) in [4.78, 5) is 0. The second-order valence-corrected chi connectivity index (χ2v) is 5.44. The van der Waals surface area contributed by atoms with Crippen LogP contribution >= 0.6 is 12.4 Å². The molecule has 3 nitrogen and oxygen atoms in total. The van der Waals surface area contributed by atoms with Crippen LogP contribution in [-0.2, 0) is 6.42 Å². The molecule has 2 aliphatic heterocycles. The van der Waals surface area contributed by atoms with Crippen molar-refractivity contribution in [3.8, 4) is 5.75 Å². The molecule has 1 fully saturated rings. The Morgan fingerprint density at radius 1 is 1.32 bits per heavy atom. The molecule has 1 saturated heterocycles. The highest BCUT2D eigenvalue weighted by Crippen LogP contribution is 2.24. The molecule has 3 rings (SSSR count). The van der Waals surface area contributed by atoms with Gasteiger partial charge < -0.3 is 15.4 Å². The minimum absolute atomic E-state index is 0. The zero-order valence-corrected chi connectivity index (χ0v) is 12.0. The number of hydrogen-bond donors (Lipinski definition) is 2. The average molecular weight is 283 g/mol. The predicted molar refractivity (Wildman–Crippen MR) is 80.3 cm³/mol. The molecule has 2 aliphatic rings. The van der Waals surface area contributed by atoms with Crippen molar-refractivity contribution in [3.05, 3.63) is 29.8 Å². The smallest absolute Gasteiger partial charge is 0.122 e. The Bertz CT molecular complexity index is 393. The Kier molecular flexibility index (Phi) is 5.49. The summed E-state index contributed by atoms with van der Waals surface area (Å²) in [6.45, 7) is 4.27. The Labute approximate surface area is 121 Å². The Balaban J connectivity index is 0.00000133. The molecule has 2 atom stereocenters. The molecule has 2 heterocycles. The second kappa shape index (κ2) is 7.13. The summed E-state index contributed by atoms with van der Waals surface area (Å²) >= 11 is 0. The Morgan fingerprint density at radius 2 is 2.21 bits per heavy atom. The molecule has 1 aromatic carbocycles. The Morgan fingerprint density at radius 3 is 3.05 bits per heavy atom. The van der Waals surface area contributed by atoms with E-state index < -0.39 is 0 Å². The maximum Gasteiger partial charge on any atom is 0.122 e. The highest BCUT2D eigenvalue weighted by atomic mass is 35.5. The first-order valence-corrected chi connectivity index (χ1v) is 7.06. The van der Waals surface area contributed by atoms with Crippen molar-refractivity contribution in [1.82, 2.24) is 10.6 Å². The van der Waals surface area contributed by atoms with Gasteiger partial charge in [-0.3, -0.25) is 0 Å². The summed E-state index contributed by atoms with van der Waals surface area (Å²) < 4.78 is 5.80. The lowest BCUT2D eigenvalue weighted by molar-refractivity contribution is 0.228. The number of halogens is 1. The summed E-state index contributed by atoms with van der Waals surface area (Å²) in [5, 5.41) is 7.13. The van der Waals surface area contributed by atoms with Crippen molar-refractivity contribution < 1.29 is 4.74 Å². The molecule has 0 radical (unpaired) electrons. The molecule has 2 N–H and O–H groups in total. The van der Waals surface area contributed by atoms with Gasteiger partial charge in [0.2, 0.25) is 0 Å². The topological polar surface area (TPSA) is 33.3 Å². The van der Waals surface area contributed by atoms with E-state index in [1.807, 2.05) is 6.07 Å². The fourth-order valence-corrected chi connectivity index (χ4v) is 2.89. The lowest BCUT2D eigenvalue weighted by Gasteiger charge is -2.29. The van der Waals surface area contributed by atoms with Crippen LogP contribution in [0.1, 0.15) is 18.4 Å². The van der Waals surface area contributed by atoms with Crippen LogP contribution in [0.25, 0.3) is 0 Å². The van der Waals surface area contributed by atoms with Crippen molar-refractivity contribution in [2.45, 2.75) is 25.3 Å². The second-order valence-electron chi connectivity index (χ2n) is 5.44. The van der Waals surface area contributed by atoms with Gasteiger partial charge in [0.1, 0.15) is 12.4 Å². The highest BCUT2D eigenvalue weighted by Gasteiger charge is 2.20. The third-order valence-corrected chi connectivity index (χ3v) is 3.97. The first kappa shape index (κ1) is 14.6. The normalized spacial score (nSPS) is 25.9. The molecule has 4 heteroatoms. The number of piperidine rings is 1. The van der Waals surface area contributed by atoms with Crippen LogP contribution in [0, 0.1) is 5.92 Å². The van der Waals surface area contributed by atoms with E-state index in [1.54, 1.807) is 0 Å². The van der Waals surface area contributed by atoms with Crippen LogP contribution in [0.15, 0.2) is 24.3 Å². The Hall–Kier alpha value is -0.770. The maximum absolute atomic E-state index is 5.80. The predicted octanol–water partition coefficient (Wildman–Crippen LogP) is 2.00. The summed E-state index contributed by atoms with van der Waals surface area (Å²) in [7, 11) is 0. The number of ether oxygens (including phenoxy) is 1. The van der Waals surface area contributed by atoms with Gasteiger partial charge in [0.05, 0.1) is 0 Å². The van der Waals surface area contributed by atoms with E-state index in [9.17, 15) is 0 Å². The molecule has 0 spiro atoms. The van der Waals surface area contributed by atoms with E-state index in [0.717, 1.165) is 37.8 Å². The van der Waals surface area contributed by atoms with Crippen molar-refractivity contribution in [1.29, 1.82) is 0 Å². The summed E-state index contributed by atoms with van der Waals surface area (Å²) in [5.41, 5.74) is 1.34. The highest BCUT2D eigenvalue weighted by molar-refractivity contribution is 5.85. The summed E-state index contributed by atoms with van der Waals surface area (Å²) in [5.74, 6) is 1.85. The minimum atomic E-state index is 0. The van der Waals surface area contributed by atoms with E-state index in [2.05, 4.69) is 28.8 Å². The van der Waals surface area contributed by atoms with Crippen molar-refractivity contribution in [2.75, 3.05) is 26.2 Å². The third kappa shape index (κ3) is 3.85. The molecule has 0 aromatic heterocycles. The number of para-hydroxylation sites is 1. The molecule has 0 amide bonds. The van der Waals surface area contributed by atoms with Crippen LogP contribution in [0.4, 0.5) is 0 Å². The van der Waals surface area contributed by atoms with Crippen LogP contribution in [0.3, 0.4) is 0 Å². The van der Waals surface area contributed by atoms with Gasteiger partial charge in [-0.05, 0) is 56.4 Å². The number of nitrogens with one attached hydrogen (secondary N) is 2. The summed E-state index contributed by atoms with van der Waals surface area (Å²) in [6, 6.07) is 8.85. The molecule has 0 bridgehead atoms. The van der Waals surface area contributed by atoms with E-state index in [1.165, 1.54) is 24.9 Å². The van der Waals surface area contributed by atoms with E-state index in [-0.39, 0.29) is 12.4 Å². The molecule has 1 aromatic rings. The summed E-state index contributed by atoms with van der Waals surface area (Å²) in [6.07, 6.45) is 3.76. The van der Waals surface area contributed by atoms with E-state index >= 15 is 0 Å². The van der Waals surface area contributed by atoms with Gasteiger partial charge in [-0.15, -0.1) is 12.4 Å². The molecule has 0 saturated carbocycles. The van der Waals surface area contributed by atoms with Crippen LogP contribution in [-0.4, -0.2) is 32.3 Å². The number of hydrogen-bond acceptors (Lipinski definition) is 3. The fourth-order valence-electron chi connectivity index (χ4n) is 2.89. The fraction of sp³-hybridized carbons (Fsp3) is 0.600. The number of rotatable bonds is 3. The number of benzene rings is 1. The minimum Gasteiger partial charge on any atom is -0.492 e. The molecular formula is C15H23ClN2O. The van der Waals surface area contributed by atoms with Gasteiger partial charge in [-0.2, -0.15) is 0 Å². The van der Waals surface area contributed by atoms with Gasteiger partial charge >= 0.3 is 0 Å². The van der Waals surface area contributed by atoms with Gasteiger partial charge in [0.15, 0.2) is 0 Å². The van der Waals surface area contributed by atoms with Crippen molar-refractivity contribution >= 4 is 12.4 Å². The molecule has 2 unspecified atom stereocenters. The third-order valence-electron chi connectivity index (χ3n) is 3.97. The average Bonchev–Trinajstić information content (AvgIpc) is 2.46. The number of fused-ring (bicyclic) bond motifs is 1. The van der Waals surface area contributed by atoms with Crippen LogP contribution in [0.2, 0.25) is 0 Å². The van der Waals surface area contributed by atoms with Gasteiger partial charge in [0, 0.05) is 6.04 Å². The van der Waals surface area contributed by atoms with Gasteiger partial charge in [-0.1, -0.05) is 18.2 Å². The molecule has 106 valence electrons. The first-order chi connectivity index (χ1) is 8.92. The zero-order valence-electron chi connectivity index (χ0n) is 11.2.